The first-order valence-corrected chi connectivity index (χ1v) is 9.51. The summed E-state index contributed by atoms with van der Waals surface area (Å²) in [5.41, 5.74) is 1.29. The van der Waals surface area contributed by atoms with Gasteiger partial charge in [-0.15, -0.1) is 11.3 Å². The molecule has 0 saturated carbocycles. The average Bonchev–Trinajstić information content (AvgIpc) is 2.92. The second kappa shape index (κ2) is 8.31. The van der Waals surface area contributed by atoms with Gasteiger partial charge in [0.2, 0.25) is 0 Å². The fraction of sp³-hybridized carbons (Fsp3) is 0.750. The van der Waals surface area contributed by atoms with Gasteiger partial charge in [0.1, 0.15) is 0 Å². The van der Waals surface area contributed by atoms with Gasteiger partial charge in [-0.25, -0.2) is 4.79 Å². The highest BCUT2D eigenvalue weighted by Gasteiger charge is 2.23. The number of amides is 1. The summed E-state index contributed by atoms with van der Waals surface area (Å²) in [6, 6.07) is 0. The second-order valence-corrected chi connectivity index (χ2v) is 7.53. The van der Waals surface area contributed by atoms with E-state index in [4.69, 9.17) is 9.84 Å². The summed E-state index contributed by atoms with van der Waals surface area (Å²) in [5.74, 6) is 0. The van der Waals surface area contributed by atoms with Crippen molar-refractivity contribution in [1.29, 1.82) is 0 Å². The van der Waals surface area contributed by atoms with E-state index in [0.717, 1.165) is 57.3 Å². The first-order chi connectivity index (χ1) is 12.1. The van der Waals surface area contributed by atoms with Crippen LogP contribution < -0.4 is 4.80 Å². The van der Waals surface area contributed by atoms with Gasteiger partial charge in [-0.2, -0.15) is 0 Å². The Morgan fingerprint density at radius 3 is 2.36 bits per heavy atom. The number of carboxylic acid groups (broad SMARTS) is 1. The minimum atomic E-state index is -0.819. The van der Waals surface area contributed by atoms with Gasteiger partial charge < -0.3 is 19.3 Å². The molecule has 0 radical (unpaired) electrons. The van der Waals surface area contributed by atoms with Crippen LogP contribution >= 0.6 is 11.3 Å². The molecule has 3 heterocycles. The summed E-state index contributed by atoms with van der Waals surface area (Å²) < 4.78 is 7.63. The number of ether oxygens (including phenoxy) is 1. The molecule has 0 aliphatic carbocycles. The minimum Gasteiger partial charge on any atom is -0.465 e. The molecule has 2 fully saturated rings. The number of hydrogen-bond acceptors (Lipinski definition) is 6. The molecular weight excluding hydrogens is 342 g/mol. The van der Waals surface area contributed by atoms with Crippen LogP contribution in [0.1, 0.15) is 10.6 Å². The van der Waals surface area contributed by atoms with Crippen molar-refractivity contribution in [2.75, 3.05) is 59.5 Å². The van der Waals surface area contributed by atoms with Crippen molar-refractivity contribution < 1.29 is 14.6 Å². The summed E-state index contributed by atoms with van der Waals surface area (Å²) in [7, 11) is 3.91. The van der Waals surface area contributed by atoms with Crippen molar-refractivity contribution in [3.05, 3.63) is 15.4 Å². The minimum absolute atomic E-state index is 0.576. The van der Waals surface area contributed by atoms with Gasteiger partial charge >= 0.3 is 6.09 Å². The van der Waals surface area contributed by atoms with E-state index in [0.29, 0.717) is 13.1 Å². The zero-order valence-corrected chi connectivity index (χ0v) is 15.8. The van der Waals surface area contributed by atoms with E-state index in [2.05, 4.69) is 26.4 Å². The maximum atomic E-state index is 11.1. The molecule has 2 aliphatic rings. The van der Waals surface area contributed by atoms with Gasteiger partial charge in [0.05, 0.1) is 13.2 Å². The first kappa shape index (κ1) is 18.4. The van der Waals surface area contributed by atoms with Gasteiger partial charge in [-0.1, -0.05) is 0 Å². The predicted molar refractivity (Wildman–Crippen MR) is 95.7 cm³/mol. The molecule has 1 aromatic rings. The number of carbonyl (C=O) groups is 1. The Kier molecular flexibility index (Phi) is 6.10. The zero-order chi connectivity index (χ0) is 17.8. The van der Waals surface area contributed by atoms with Crippen molar-refractivity contribution in [3.8, 4) is 0 Å². The quantitative estimate of drug-likeness (QED) is 0.823. The van der Waals surface area contributed by atoms with Crippen molar-refractivity contribution in [2.45, 2.75) is 13.1 Å². The largest absolute Gasteiger partial charge is 0.465 e. The van der Waals surface area contributed by atoms with Crippen molar-refractivity contribution in [2.24, 2.45) is 12.0 Å². The molecule has 0 aromatic carbocycles. The monoisotopic (exact) mass is 369 g/mol. The van der Waals surface area contributed by atoms with E-state index in [1.807, 2.05) is 7.05 Å². The zero-order valence-electron chi connectivity index (χ0n) is 15.0. The Balaban J connectivity index is 1.71. The van der Waals surface area contributed by atoms with E-state index in [1.54, 1.807) is 11.3 Å². The Morgan fingerprint density at radius 2 is 1.76 bits per heavy atom. The summed E-state index contributed by atoms with van der Waals surface area (Å²) >= 11 is 1.76. The molecule has 0 bridgehead atoms. The average molecular weight is 369 g/mol. The van der Waals surface area contributed by atoms with E-state index < -0.39 is 6.09 Å². The molecule has 1 aromatic heterocycles. The molecule has 0 spiro atoms. The Bertz CT molecular complexity index is 657. The Hall–Kier alpha value is -1.42. The Labute approximate surface area is 151 Å². The second-order valence-electron chi connectivity index (χ2n) is 6.47. The third kappa shape index (κ3) is 4.41. The molecular formula is C16H27N5O3S. The molecule has 2 aliphatic heterocycles. The van der Waals surface area contributed by atoms with Crippen LogP contribution in [0.15, 0.2) is 4.99 Å². The highest BCUT2D eigenvalue weighted by Crippen LogP contribution is 2.19. The van der Waals surface area contributed by atoms with Crippen molar-refractivity contribution in [1.82, 2.24) is 19.3 Å². The smallest absolute Gasteiger partial charge is 0.407 e. The number of piperazine rings is 1. The number of hydrogen-bond donors (Lipinski definition) is 1. The van der Waals surface area contributed by atoms with E-state index in [9.17, 15) is 4.79 Å². The van der Waals surface area contributed by atoms with Gasteiger partial charge in [-0.05, 0) is 0 Å². The number of rotatable bonds is 4. The van der Waals surface area contributed by atoms with Crippen LogP contribution in [0.5, 0.6) is 0 Å². The van der Waals surface area contributed by atoms with E-state index >= 15 is 0 Å². The molecule has 1 N–H and O–H groups in total. The van der Waals surface area contributed by atoms with Crippen LogP contribution in [0.25, 0.3) is 0 Å². The first-order valence-electron chi connectivity index (χ1n) is 8.69. The molecule has 0 unspecified atom stereocenters. The molecule has 8 nitrogen and oxygen atoms in total. The van der Waals surface area contributed by atoms with Crippen LogP contribution in [-0.4, -0.2) is 90.0 Å². The van der Waals surface area contributed by atoms with E-state index in [-0.39, 0.29) is 0 Å². The molecule has 0 atom stereocenters. The molecule has 140 valence electrons. The van der Waals surface area contributed by atoms with Crippen LogP contribution in [0, 0.1) is 0 Å². The molecule has 25 heavy (non-hydrogen) atoms. The van der Waals surface area contributed by atoms with E-state index in [1.165, 1.54) is 15.5 Å². The molecule has 2 saturated heterocycles. The fourth-order valence-electron chi connectivity index (χ4n) is 3.32. The standard InChI is InChI=1S/C16H27N5O3S/c1-17-15-18(2)13(11-19-3-5-21(6-4-19)16(22)23)14(25-15)12-20-7-9-24-10-8-20/h3-12H2,1-2H3,(H,22,23). The van der Waals surface area contributed by atoms with Crippen molar-refractivity contribution in [3.63, 3.8) is 0 Å². The van der Waals surface area contributed by atoms with Crippen molar-refractivity contribution >= 4 is 17.4 Å². The lowest BCUT2D eigenvalue weighted by Crippen LogP contribution is -2.48. The number of aromatic nitrogens is 1. The van der Waals surface area contributed by atoms with Crippen LogP contribution in [0.3, 0.4) is 0 Å². The summed E-state index contributed by atoms with van der Waals surface area (Å²) in [4.78, 5) is 24.1. The molecule has 1 amide bonds. The maximum Gasteiger partial charge on any atom is 0.407 e. The molecule has 3 rings (SSSR count). The summed E-state index contributed by atoms with van der Waals surface area (Å²) in [6.07, 6.45) is -0.819. The lowest BCUT2D eigenvalue weighted by Gasteiger charge is -2.33. The third-order valence-corrected chi connectivity index (χ3v) is 6.16. The van der Waals surface area contributed by atoms with Gasteiger partial charge in [0.15, 0.2) is 4.80 Å². The summed E-state index contributed by atoms with van der Waals surface area (Å²) in [6.45, 7) is 8.02. The highest BCUT2D eigenvalue weighted by atomic mass is 32.1. The van der Waals surface area contributed by atoms with Gasteiger partial charge in [0, 0.05) is 77.0 Å². The topological polar surface area (TPSA) is 73.5 Å². The predicted octanol–water partition coefficient (Wildman–Crippen LogP) is 0.245. The normalized spacial score (nSPS) is 21.0. The van der Waals surface area contributed by atoms with Crippen LogP contribution in [0.2, 0.25) is 0 Å². The number of morpholine rings is 1. The molecule has 9 heteroatoms. The van der Waals surface area contributed by atoms with Gasteiger partial charge in [0.25, 0.3) is 0 Å². The summed E-state index contributed by atoms with van der Waals surface area (Å²) in [5, 5.41) is 9.10. The lowest BCUT2D eigenvalue weighted by atomic mass is 10.2. The fourth-order valence-corrected chi connectivity index (χ4v) is 4.45. The number of nitrogens with zero attached hydrogens (tertiary/aromatic N) is 5. The highest BCUT2D eigenvalue weighted by molar-refractivity contribution is 7.09. The maximum absolute atomic E-state index is 11.1. The van der Waals surface area contributed by atoms with Crippen LogP contribution in [-0.2, 0) is 24.9 Å². The lowest BCUT2D eigenvalue weighted by molar-refractivity contribution is 0.0343. The van der Waals surface area contributed by atoms with Gasteiger partial charge in [-0.3, -0.25) is 14.8 Å². The Morgan fingerprint density at radius 1 is 1.12 bits per heavy atom. The van der Waals surface area contributed by atoms with Crippen LogP contribution in [0.4, 0.5) is 4.79 Å². The number of thiazole rings is 1. The SMILES string of the molecule is CN=c1sc(CN2CCOCC2)c(CN2CCN(C(=O)O)CC2)n1C. The third-order valence-electron chi connectivity index (χ3n) is 4.91.